The van der Waals surface area contributed by atoms with E-state index in [9.17, 15) is 9.59 Å². The van der Waals surface area contributed by atoms with Crippen LogP contribution in [0.3, 0.4) is 0 Å². The van der Waals surface area contributed by atoms with E-state index in [0.29, 0.717) is 22.4 Å². The molecule has 2 aromatic heterocycles. The Morgan fingerprint density at radius 2 is 1.83 bits per heavy atom. The van der Waals surface area contributed by atoms with Crippen LogP contribution in [0.2, 0.25) is 0 Å². The number of aryl methyl sites for hydroxylation is 3. The number of anilines is 1. The zero-order chi connectivity index (χ0) is 21.4. The molecule has 0 fully saturated rings. The highest BCUT2D eigenvalue weighted by atomic mass is 16.6. The number of methoxy groups -OCH3 is 1. The van der Waals surface area contributed by atoms with E-state index in [2.05, 4.69) is 15.6 Å². The molecule has 8 heteroatoms. The number of hydrogen-bond acceptors (Lipinski definition) is 7. The third-order valence-corrected chi connectivity index (χ3v) is 4.81. The summed E-state index contributed by atoms with van der Waals surface area (Å²) in [5, 5.41) is 10.8. The van der Waals surface area contributed by atoms with E-state index in [4.69, 9.17) is 13.8 Å². The molecule has 4 rings (SSSR count). The highest BCUT2D eigenvalue weighted by Crippen LogP contribution is 2.30. The van der Waals surface area contributed by atoms with Crippen molar-refractivity contribution in [3.63, 3.8) is 0 Å². The molecular formula is C22H19N3O5. The summed E-state index contributed by atoms with van der Waals surface area (Å²) in [6.07, 6.45) is 0. The van der Waals surface area contributed by atoms with Crippen molar-refractivity contribution < 1.29 is 18.6 Å². The van der Waals surface area contributed by atoms with Gasteiger partial charge >= 0.3 is 0 Å². The van der Waals surface area contributed by atoms with E-state index < -0.39 is 5.91 Å². The summed E-state index contributed by atoms with van der Waals surface area (Å²) in [5.41, 5.74) is 3.74. The van der Waals surface area contributed by atoms with Gasteiger partial charge in [0.15, 0.2) is 16.9 Å². The Labute approximate surface area is 171 Å². The molecule has 152 valence electrons. The lowest BCUT2D eigenvalue weighted by Crippen LogP contribution is -2.16. The van der Waals surface area contributed by atoms with Crippen LogP contribution in [0, 0.1) is 20.8 Å². The smallest absolute Gasteiger partial charge is 0.292 e. The fourth-order valence-corrected chi connectivity index (χ4v) is 3.42. The Kier molecular flexibility index (Phi) is 4.83. The van der Waals surface area contributed by atoms with Gasteiger partial charge in [0.05, 0.1) is 12.5 Å². The molecule has 2 heterocycles. The first-order valence-electron chi connectivity index (χ1n) is 9.21. The molecule has 0 saturated carbocycles. The van der Waals surface area contributed by atoms with Gasteiger partial charge in [0.25, 0.3) is 5.91 Å². The second-order valence-electron chi connectivity index (χ2n) is 7.03. The molecule has 0 saturated heterocycles. The van der Waals surface area contributed by atoms with Crippen LogP contribution in [0.15, 0.2) is 50.2 Å². The van der Waals surface area contributed by atoms with Gasteiger partial charge in [-0.05, 0) is 72.0 Å². The Morgan fingerprint density at radius 3 is 2.57 bits per heavy atom. The third-order valence-electron chi connectivity index (χ3n) is 4.81. The van der Waals surface area contributed by atoms with E-state index in [1.807, 2.05) is 32.9 Å². The van der Waals surface area contributed by atoms with Crippen molar-refractivity contribution in [1.82, 2.24) is 10.3 Å². The third kappa shape index (κ3) is 3.43. The van der Waals surface area contributed by atoms with Crippen LogP contribution in [0.4, 0.5) is 5.82 Å². The van der Waals surface area contributed by atoms with Crippen LogP contribution in [0.1, 0.15) is 27.2 Å². The van der Waals surface area contributed by atoms with Gasteiger partial charge in [-0.3, -0.25) is 14.9 Å². The minimum Gasteiger partial charge on any atom is -0.497 e. The number of amides is 1. The van der Waals surface area contributed by atoms with E-state index >= 15 is 0 Å². The van der Waals surface area contributed by atoms with Crippen molar-refractivity contribution in [2.75, 3.05) is 12.4 Å². The molecule has 0 aliphatic carbocycles. The number of carbonyl (C=O) groups excluding carboxylic acids is 1. The molecule has 1 N–H and O–H groups in total. The molecule has 0 aliphatic rings. The fourth-order valence-electron chi connectivity index (χ4n) is 3.42. The van der Waals surface area contributed by atoms with Crippen molar-refractivity contribution in [3.8, 4) is 17.0 Å². The van der Waals surface area contributed by atoms with Crippen molar-refractivity contribution in [2.24, 2.45) is 0 Å². The summed E-state index contributed by atoms with van der Waals surface area (Å²) in [7, 11) is 1.58. The van der Waals surface area contributed by atoms with Gasteiger partial charge in [-0.2, -0.15) is 0 Å². The van der Waals surface area contributed by atoms with Crippen LogP contribution in [0.5, 0.6) is 5.75 Å². The van der Waals surface area contributed by atoms with E-state index in [1.54, 1.807) is 25.3 Å². The van der Waals surface area contributed by atoms with Gasteiger partial charge in [0.2, 0.25) is 5.82 Å². The minimum atomic E-state index is -0.628. The minimum absolute atomic E-state index is 0.122. The number of hydrogen-bond donors (Lipinski definition) is 1. The molecule has 8 nitrogen and oxygen atoms in total. The monoisotopic (exact) mass is 405 g/mol. The molecule has 4 aromatic rings. The molecule has 0 unspecified atom stereocenters. The molecule has 0 bridgehead atoms. The summed E-state index contributed by atoms with van der Waals surface area (Å²) in [5.74, 6) is 0.0624. The molecule has 2 aromatic carbocycles. The number of ether oxygens (including phenoxy) is 1. The lowest BCUT2D eigenvalue weighted by molar-refractivity contribution is 0.0996. The van der Waals surface area contributed by atoms with Crippen LogP contribution < -0.4 is 15.5 Å². The number of aromatic nitrogens is 2. The Hall–Kier alpha value is -3.94. The van der Waals surface area contributed by atoms with Gasteiger partial charge in [-0.15, -0.1) is 0 Å². The number of carbonyl (C=O) groups is 1. The summed E-state index contributed by atoms with van der Waals surface area (Å²) in [6.45, 7) is 5.60. The maximum atomic E-state index is 12.8. The fraction of sp³-hybridized carbons (Fsp3) is 0.182. The van der Waals surface area contributed by atoms with E-state index in [-0.39, 0.29) is 17.0 Å². The Morgan fingerprint density at radius 1 is 1.03 bits per heavy atom. The van der Waals surface area contributed by atoms with Crippen molar-refractivity contribution >= 4 is 22.7 Å². The summed E-state index contributed by atoms with van der Waals surface area (Å²) >= 11 is 0. The summed E-state index contributed by atoms with van der Waals surface area (Å²) in [6, 6.07) is 10.2. The summed E-state index contributed by atoms with van der Waals surface area (Å²) < 4.78 is 15.8. The van der Waals surface area contributed by atoms with Gasteiger partial charge in [-0.1, -0.05) is 6.07 Å². The SMILES string of the molecule is COc1ccc(-c2nonc2NC(=O)c2cc(=O)c3c(C)cc(C)cc3o2)c(C)c1. The predicted octanol–water partition coefficient (Wildman–Crippen LogP) is 4.03. The van der Waals surface area contributed by atoms with Gasteiger partial charge in [0, 0.05) is 11.6 Å². The molecule has 0 atom stereocenters. The average molecular weight is 405 g/mol. The summed E-state index contributed by atoms with van der Waals surface area (Å²) in [4.78, 5) is 25.3. The lowest BCUT2D eigenvalue weighted by atomic mass is 10.1. The zero-order valence-corrected chi connectivity index (χ0v) is 16.9. The maximum absolute atomic E-state index is 12.8. The van der Waals surface area contributed by atoms with Crippen LogP contribution in [0.25, 0.3) is 22.2 Å². The van der Waals surface area contributed by atoms with Gasteiger partial charge < -0.3 is 9.15 Å². The van der Waals surface area contributed by atoms with Crippen LogP contribution >= 0.6 is 0 Å². The normalized spacial score (nSPS) is 10.9. The molecular weight excluding hydrogens is 386 g/mol. The Bertz CT molecular complexity index is 1340. The Balaban J connectivity index is 1.69. The van der Waals surface area contributed by atoms with Crippen LogP contribution in [-0.4, -0.2) is 23.3 Å². The standard InChI is InChI=1S/C22H19N3O5/c1-11-7-13(3)19-16(26)10-18(29-17(19)8-11)22(27)23-21-20(24-30-25-21)15-6-5-14(28-4)9-12(15)2/h5-10H,1-4H3,(H,23,25,27). The quantitative estimate of drug-likeness (QED) is 0.546. The van der Waals surface area contributed by atoms with E-state index in [0.717, 1.165) is 22.3 Å². The second-order valence-corrected chi connectivity index (χ2v) is 7.03. The lowest BCUT2D eigenvalue weighted by Gasteiger charge is -2.08. The first-order chi connectivity index (χ1) is 14.4. The van der Waals surface area contributed by atoms with Crippen LogP contribution in [-0.2, 0) is 0 Å². The number of rotatable bonds is 4. The van der Waals surface area contributed by atoms with E-state index in [1.165, 1.54) is 6.07 Å². The topological polar surface area (TPSA) is 107 Å². The first kappa shape index (κ1) is 19.4. The molecule has 0 radical (unpaired) electrons. The number of benzene rings is 2. The highest BCUT2D eigenvalue weighted by molar-refractivity contribution is 6.04. The number of nitrogens with zero attached hydrogens (tertiary/aromatic N) is 2. The molecule has 30 heavy (non-hydrogen) atoms. The van der Waals surface area contributed by atoms with Crippen molar-refractivity contribution in [3.05, 3.63) is 69.1 Å². The first-order valence-corrected chi connectivity index (χ1v) is 9.21. The molecule has 0 aliphatic heterocycles. The zero-order valence-electron chi connectivity index (χ0n) is 16.9. The van der Waals surface area contributed by atoms with Crippen molar-refractivity contribution in [1.29, 1.82) is 0 Å². The average Bonchev–Trinajstić information content (AvgIpc) is 3.14. The van der Waals surface area contributed by atoms with Gasteiger partial charge in [0.1, 0.15) is 11.3 Å². The van der Waals surface area contributed by atoms with Gasteiger partial charge in [-0.25, -0.2) is 4.63 Å². The number of fused-ring (bicyclic) bond motifs is 1. The predicted molar refractivity (Wildman–Crippen MR) is 111 cm³/mol. The molecule has 1 amide bonds. The maximum Gasteiger partial charge on any atom is 0.292 e. The second kappa shape index (κ2) is 7.47. The number of nitrogens with one attached hydrogen (secondary N) is 1. The van der Waals surface area contributed by atoms with Crippen molar-refractivity contribution in [2.45, 2.75) is 20.8 Å². The molecule has 0 spiro atoms. The highest BCUT2D eigenvalue weighted by Gasteiger charge is 2.20. The largest absolute Gasteiger partial charge is 0.497 e.